The lowest BCUT2D eigenvalue weighted by molar-refractivity contribution is 0.605. The summed E-state index contributed by atoms with van der Waals surface area (Å²) in [6, 6.07) is 6.63. The van der Waals surface area contributed by atoms with Crippen molar-refractivity contribution in [1.82, 2.24) is 10.3 Å². The smallest absolute Gasteiger partial charge is 0.0518 e. The number of aromatic nitrogens is 1. The molecule has 0 radical (unpaired) electrons. The molecule has 1 aliphatic carbocycles. The Balaban J connectivity index is 1.92. The van der Waals surface area contributed by atoms with Crippen LogP contribution in [-0.4, -0.2) is 12.0 Å². The minimum Gasteiger partial charge on any atom is -0.316 e. The maximum atomic E-state index is 4.62. The van der Waals surface area contributed by atoms with Crippen molar-refractivity contribution in [3.05, 3.63) is 51.5 Å². The predicted octanol–water partition coefficient (Wildman–Crippen LogP) is 3.33. The van der Waals surface area contributed by atoms with Crippen molar-refractivity contribution in [2.24, 2.45) is 0 Å². The quantitative estimate of drug-likeness (QED) is 0.913. The van der Waals surface area contributed by atoms with Gasteiger partial charge in [0.25, 0.3) is 0 Å². The van der Waals surface area contributed by atoms with Crippen LogP contribution < -0.4 is 5.32 Å². The second-order valence-electron chi connectivity index (χ2n) is 4.88. The zero-order valence-electron chi connectivity index (χ0n) is 10.6. The largest absolute Gasteiger partial charge is 0.316 e. The molecule has 1 unspecified atom stereocenters. The number of nitrogens with zero attached hydrogens (tertiary/aromatic N) is 1. The number of nitrogens with one attached hydrogen (secondary N) is 1. The van der Waals surface area contributed by atoms with Gasteiger partial charge in [-0.3, -0.25) is 4.98 Å². The minimum atomic E-state index is 0.519. The highest BCUT2D eigenvalue weighted by Crippen LogP contribution is 2.37. The molecule has 18 heavy (non-hydrogen) atoms. The van der Waals surface area contributed by atoms with Gasteiger partial charge in [-0.15, -0.1) is 11.3 Å². The van der Waals surface area contributed by atoms with Crippen molar-refractivity contribution in [2.45, 2.75) is 31.7 Å². The second-order valence-corrected chi connectivity index (χ2v) is 5.82. The summed E-state index contributed by atoms with van der Waals surface area (Å²) in [7, 11) is 1.99. The van der Waals surface area contributed by atoms with E-state index in [1.807, 2.05) is 24.6 Å². The summed E-state index contributed by atoms with van der Waals surface area (Å²) >= 11 is 1.88. The van der Waals surface area contributed by atoms with Gasteiger partial charge in [0.05, 0.1) is 5.69 Å². The number of thiophene rings is 1. The van der Waals surface area contributed by atoms with Crippen molar-refractivity contribution in [3.8, 4) is 0 Å². The van der Waals surface area contributed by atoms with E-state index >= 15 is 0 Å². The van der Waals surface area contributed by atoms with Crippen LogP contribution in [0.1, 0.15) is 40.5 Å². The number of pyridine rings is 1. The Bertz CT molecular complexity index is 533. The number of rotatable bonds is 3. The summed E-state index contributed by atoms with van der Waals surface area (Å²) in [5, 5.41) is 5.48. The highest BCUT2D eigenvalue weighted by atomic mass is 32.1. The summed E-state index contributed by atoms with van der Waals surface area (Å²) in [5.74, 6) is 0.519. The van der Waals surface area contributed by atoms with Gasteiger partial charge >= 0.3 is 0 Å². The number of hydrogen-bond donors (Lipinski definition) is 1. The van der Waals surface area contributed by atoms with Crippen LogP contribution in [0.2, 0.25) is 0 Å². The fraction of sp³-hybridized carbons (Fsp3) is 0.400. The Morgan fingerprint density at radius 1 is 1.50 bits per heavy atom. The normalized spacial score (nSPS) is 18.6. The molecule has 0 saturated heterocycles. The van der Waals surface area contributed by atoms with E-state index in [1.54, 1.807) is 0 Å². The molecule has 0 aliphatic heterocycles. The lowest BCUT2D eigenvalue weighted by Gasteiger charge is -2.23. The molecule has 2 aromatic rings. The van der Waals surface area contributed by atoms with Crippen LogP contribution in [0, 0.1) is 0 Å². The third kappa shape index (κ3) is 2.20. The van der Waals surface area contributed by atoms with Crippen LogP contribution in [0.25, 0.3) is 0 Å². The van der Waals surface area contributed by atoms with Crippen LogP contribution in [0.5, 0.6) is 0 Å². The SMILES string of the molecule is CNCc1csc(C2CCCc3cccnc32)c1. The van der Waals surface area contributed by atoms with Gasteiger partial charge in [0.15, 0.2) is 0 Å². The van der Waals surface area contributed by atoms with Crippen LogP contribution in [0.4, 0.5) is 0 Å². The minimum absolute atomic E-state index is 0.519. The van der Waals surface area contributed by atoms with Crippen molar-refractivity contribution >= 4 is 11.3 Å². The van der Waals surface area contributed by atoms with Crippen LogP contribution >= 0.6 is 11.3 Å². The van der Waals surface area contributed by atoms with E-state index in [0.717, 1.165) is 6.54 Å². The van der Waals surface area contributed by atoms with E-state index in [4.69, 9.17) is 0 Å². The highest BCUT2D eigenvalue weighted by molar-refractivity contribution is 7.10. The first-order valence-corrected chi connectivity index (χ1v) is 7.42. The Labute approximate surface area is 112 Å². The molecule has 0 fully saturated rings. The maximum absolute atomic E-state index is 4.62. The van der Waals surface area contributed by atoms with Gasteiger partial charge in [0.1, 0.15) is 0 Å². The third-order valence-electron chi connectivity index (χ3n) is 3.59. The molecule has 1 atom stereocenters. The molecule has 3 rings (SSSR count). The third-order valence-corrected chi connectivity index (χ3v) is 4.69. The van der Waals surface area contributed by atoms with Gasteiger partial charge in [-0.2, -0.15) is 0 Å². The van der Waals surface area contributed by atoms with Crippen molar-refractivity contribution < 1.29 is 0 Å². The Morgan fingerprint density at radius 2 is 2.44 bits per heavy atom. The molecule has 0 amide bonds. The Kier molecular flexibility index (Phi) is 3.43. The summed E-state index contributed by atoms with van der Waals surface area (Å²) in [6.45, 7) is 0.957. The molecule has 1 aliphatic rings. The van der Waals surface area contributed by atoms with E-state index < -0.39 is 0 Å². The zero-order valence-corrected chi connectivity index (χ0v) is 11.5. The number of fused-ring (bicyclic) bond motifs is 1. The van der Waals surface area contributed by atoms with E-state index in [2.05, 4.69) is 33.9 Å². The molecule has 3 heteroatoms. The molecule has 2 aromatic heterocycles. The Morgan fingerprint density at radius 3 is 3.33 bits per heavy atom. The molecular formula is C15H18N2S. The molecule has 2 heterocycles. The standard InChI is InChI=1S/C15H18N2S/c1-16-9-11-8-14(18-10-11)13-6-2-4-12-5-3-7-17-15(12)13/h3,5,7-8,10,13,16H,2,4,6,9H2,1H3. The molecule has 0 spiro atoms. The Hall–Kier alpha value is -1.19. The number of aryl methyl sites for hydroxylation is 1. The zero-order chi connectivity index (χ0) is 12.4. The van der Waals surface area contributed by atoms with Gasteiger partial charge in [0, 0.05) is 23.5 Å². The first-order valence-electron chi connectivity index (χ1n) is 6.54. The fourth-order valence-electron chi connectivity index (χ4n) is 2.76. The van der Waals surface area contributed by atoms with Crippen LogP contribution in [0.3, 0.4) is 0 Å². The van der Waals surface area contributed by atoms with E-state index in [9.17, 15) is 0 Å². The number of hydrogen-bond acceptors (Lipinski definition) is 3. The first-order chi connectivity index (χ1) is 8.88. The van der Waals surface area contributed by atoms with Gasteiger partial charge in [-0.1, -0.05) is 6.07 Å². The van der Waals surface area contributed by atoms with E-state index in [0.29, 0.717) is 5.92 Å². The average Bonchev–Trinajstić information content (AvgIpc) is 2.87. The van der Waals surface area contributed by atoms with Crippen molar-refractivity contribution in [3.63, 3.8) is 0 Å². The molecular weight excluding hydrogens is 240 g/mol. The highest BCUT2D eigenvalue weighted by Gasteiger charge is 2.23. The average molecular weight is 258 g/mol. The van der Waals surface area contributed by atoms with Crippen LogP contribution in [-0.2, 0) is 13.0 Å². The summed E-state index contributed by atoms with van der Waals surface area (Å²) < 4.78 is 0. The topological polar surface area (TPSA) is 24.9 Å². The van der Waals surface area contributed by atoms with E-state index in [-0.39, 0.29) is 0 Å². The summed E-state index contributed by atoms with van der Waals surface area (Å²) in [5.41, 5.74) is 4.14. The first kappa shape index (κ1) is 11.9. The maximum Gasteiger partial charge on any atom is 0.0518 e. The van der Waals surface area contributed by atoms with Crippen LogP contribution in [0.15, 0.2) is 29.8 Å². The van der Waals surface area contributed by atoms with Crippen molar-refractivity contribution in [2.75, 3.05) is 7.05 Å². The molecule has 94 valence electrons. The predicted molar refractivity (Wildman–Crippen MR) is 76.1 cm³/mol. The van der Waals surface area contributed by atoms with E-state index in [1.165, 1.54) is 41.0 Å². The fourth-order valence-corrected chi connectivity index (χ4v) is 3.81. The van der Waals surface area contributed by atoms with Gasteiger partial charge in [-0.25, -0.2) is 0 Å². The molecule has 2 nitrogen and oxygen atoms in total. The monoisotopic (exact) mass is 258 g/mol. The second kappa shape index (κ2) is 5.21. The molecule has 0 bridgehead atoms. The molecule has 0 aromatic carbocycles. The van der Waals surface area contributed by atoms with Crippen molar-refractivity contribution in [1.29, 1.82) is 0 Å². The lowest BCUT2D eigenvalue weighted by Crippen LogP contribution is -2.12. The summed E-state index contributed by atoms with van der Waals surface area (Å²) in [4.78, 5) is 6.10. The lowest BCUT2D eigenvalue weighted by atomic mass is 9.85. The van der Waals surface area contributed by atoms with Gasteiger partial charge in [-0.05, 0) is 54.9 Å². The summed E-state index contributed by atoms with van der Waals surface area (Å²) in [6.07, 6.45) is 5.64. The van der Waals surface area contributed by atoms with Gasteiger partial charge < -0.3 is 5.32 Å². The molecule has 1 N–H and O–H groups in total. The molecule has 0 saturated carbocycles. The van der Waals surface area contributed by atoms with Gasteiger partial charge in [0.2, 0.25) is 0 Å².